The molecule has 0 spiro atoms. The van der Waals surface area contributed by atoms with Crippen molar-refractivity contribution in [2.45, 2.75) is 50.4 Å². The summed E-state index contributed by atoms with van der Waals surface area (Å²) in [6.45, 7) is 0.515. The number of hydrogen-bond donors (Lipinski definition) is 5. The summed E-state index contributed by atoms with van der Waals surface area (Å²) in [4.78, 5) is 40.1. The molecule has 1 unspecified atom stereocenters. The van der Waals surface area contributed by atoms with Crippen molar-refractivity contribution in [3.8, 4) is 5.75 Å². The van der Waals surface area contributed by atoms with Crippen LogP contribution in [0.5, 0.6) is 5.75 Å². The lowest BCUT2D eigenvalue weighted by atomic mass is 9.60. The topological polar surface area (TPSA) is 161 Å². The van der Waals surface area contributed by atoms with E-state index in [1.165, 1.54) is 6.07 Å². The number of likely N-dealkylation sites (tertiary alicyclic amines) is 1. The number of hydrogen-bond acceptors (Lipinski definition) is 8. The molecule has 4 aliphatic rings. The maximum atomic E-state index is 13.5. The van der Waals surface area contributed by atoms with E-state index in [1.807, 2.05) is 0 Å². The van der Waals surface area contributed by atoms with Gasteiger partial charge in [0.05, 0.1) is 11.5 Å². The molecule has 1 aromatic carbocycles. The Labute approximate surface area is 225 Å². The predicted octanol–water partition coefficient (Wildman–Crippen LogP) is 3.01. The Morgan fingerprint density at radius 2 is 1.79 bits per heavy atom. The number of amides is 1. The van der Waals surface area contributed by atoms with Crippen molar-refractivity contribution in [3.63, 3.8) is 0 Å². The second-order valence-electron chi connectivity index (χ2n) is 10.7. The lowest BCUT2D eigenvalue weighted by Crippen LogP contribution is -2.57. The Kier molecular flexibility index (Phi) is 6.51. The fraction of sp³-hybridized carbons (Fsp3) is 0.500. The smallest absolute Gasteiger partial charge is 0.391 e. The standard InChI is InChI=1S/C26H26ClF3N2O7/c27-20-11(9-32-3-1-12(2-4-32)26(28,29)30)7-15(33)18-14(20)6-10-5-13-8-16(34)19(24(31)38)23(37)25(13,39)22(36)17(10)21(18)35/h7,10,12-13,33-34,36,39H,1-6,8-9H2,(H2,31,38)/t10?,13-,25-/m0/s1. The molecule has 0 saturated carbocycles. The van der Waals surface area contributed by atoms with Gasteiger partial charge in [-0.3, -0.25) is 19.3 Å². The van der Waals surface area contributed by atoms with E-state index in [-0.39, 0.29) is 73.5 Å². The Morgan fingerprint density at radius 3 is 2.38 bits per heavy atom. The molecule has 1 heterocycles. The van der Waals surface area contributed by atoms with Crippen LogP contribution in [0, 0.1) is 17.8 Å². The summed E-state index contributed by atoms with van der Waals surface area (Å²) in [5.74, 6) is -8.66. The van der Waals surface area contributed by atoms with Crippen LogP contribution >= 0.6 is 11.6 Å². The highest BCUT2D eigenvalue weighted by molar-refractivity contribution is 6.33. The van der Waals surface area contributed by atoms with Gasteiger partial charge < -0.3 is 26.2 Å². The summed E-state index contributed by atoms with van der Waals surface area (Å²) in [5.41, 5.74) is 1.88. The third-order valence-electron chi connectivity index (χ3n) is 8.51. The van der Waals surface area contributed by atoms with E-state index in [4.69, 9.17) is 17.3 Å². The Hall–Kier alpha value is -3.09. The number of fused-ring (bicyclic) bond motifs is 3. The highest BCUT2D eigenvalue weighted by atomic mass is 35.5. The highest BCUT2D eigenvalue weighted by Crippen LogP contribution is 2.52. The molecule has 5 rings (SSSR count). The molecule has 1 saturated heterocycles. The number of aliphatic hydroxyl groups is 3. The molecule has 1 amide bonds. The molecule has 6 N–H and O–H groups in total. The third-order valence-corrected chi connectivity index (χ3v) is 8.99. The molecule has 9 nitrogen and oxygen atoms in total. The number of nitrogens with two attached hydrogens (primary N) is 1. The van der Waals surface area contributed by atoms with E-state index in [0.717, 1.165) is 0 Å². The first-order valence-electron chi connectivity index (χ1n) is 12.5. The Morgan fingerprint density at radius 1 is 1.15 bits per heavy atom. The van der Waals surface area contributed by atoms with Crippen molar-refractivity contribution in [1.82, 2.24) is 4.90 Å². The number of benzene rings is 1. The fourth-order valence-electron chi connectivity index (χ4n) is 6.50. The first-order chi connectivity index (χ1) is 18.2. The van der Waals surface area contributed by atoms with Gasteiger partial charge in [0.1, 0.15) is 22.8 Å². The number of primary amides is 1. The van der Waals surface area contributed by atoms with Crippen molar-refractivity contribution >= 4 is 29.1 Å². The Balaban J connectivity index is 1.48. The molecule has 1 fully saturated rings. The second-order valence-corrected chi connectivity index (χ2v) is 11.1. The number of halogens is 4. The van der Waals surface area contributed by atoms with Gasteiger partial charge in [0.15, 0.2) is 11.4 Å². The zero-order valence-electron chi connectivity index (χ0n) is 20.5. The van der Waals surface area contributed by atoms with Gasteiger partial charge in [0.25, 0.3) is 5.91 Å². The largest absolute Gasteiger partial charge is 0.511 e. The summed E-state index contributed by atoms with van der Waals surface area (Å²) in [7, 11) is 0. The van der Waals surface area contributed by atoms with Gasteiger partial charge in [-0.25, -0.2) is 0 Å². The molecule has 210 valence electrons. The number of phenolic OH excluding ortho intramolecular Hbond substituents is 1. The van der Waals surface area contributed by atoms with Crippen LogP contribution in [0.1, 0.15) is 47.2 Å². The van der Waals surface area contributed by atoms with E-state index >= 15 is 0 Å². The number of alkyl halides is 3. The zero-order chi connectivity index (χ0) is 28.6. The second kappa shape index (κ2) is 9.24. The average molecular weight is 571 g/mol. The van der Waals surface area contributed by atoms with Crippen LogP contribution in [0.3, 0.4) is 0 Å². The quantitative estimate of drug-likeness (QED) is 0.347. The van der Waals surface area contributed by atoms with Crippen LogP contribution in [0.25, 0.3) is 0 Å². The van der Waals surface area contributed by atoms with Crippen LogP contribution in [-0.2, 0) is 22.6 Å². The van der Waals surface area contributed by atoms with Crippen LogP contribution in [0.2, 0.25) is 5.02 Å². The summed E-state index contributed by atoms with van der Waals surface area (Å²) < 4.78 is 39.1. The number of nitrogens with zero attached hydrogens (tertiary/aromatic N) is 1. The highest BCUT2D eigenvalue weighted by Gasteiger charge is 2.59. The predicted molar refractivity (Wildman–Crippen MR) is 130 cm³/mol. The molecular formula is C26H26ClF3N2O7. The van der Waals surface area contributed by atoms with E-state index in [2.05, 4.69) is 0 Å². The molecule has 1 aliphatic heterocycles. The minimum absolute atomic E-state index is 0.0326. The molecule has 13 heteroatoms. The summed E-state index contributed by atoms with van der Waals surface area (Å²) >= 11 is 6.67. The van der Waals surface area contributed by atoms with Crippen LogP contribution in [0.4, 0.5) is 13.2 Å². The Bertz CT molecular complexity index is 1360. The molecule has 39 heavy (non-hydrogen) atoms. The first kappa shape index (κ1) is 27.5. The van der Waals surface area contributed by atoms with Crippen molar-refractivity contribution in [2.75, 3.05) is 13.1 Å². The van der Waals surface area contributed by atoms with Gasteiger partial charge in [-0.1, -0.05) is 11.6 Å². The number of allylic oxidation sites excluding steroid dienone is 2. The average Bonchev–Trinajstić information content (AvgIpc) is 2.84. The van der Waals surface area contributed by atoms with Gasteiger partial charge in [-0.2, -0.15) is 13.2 Å². The number of phenols is 1. The third kappa shape index (κ3) is 4.20. The maximum Gasteiger partial charge on any atom is 0.391 e. The molecule has 0 bridgehead atoms. The van der Waals surface area contributed by atoms with Crippen molar-refractivity contribution in [2.24, 2.45) is 23.5 Å². The molecule has 0 radical (unpaired) electrons. The molecule has 3 atom stereocenters. The number of carbonyl (C=O) groups is 3. The number of aliphatic hydroxyl groups excluding tert-OH is 2. The van der Waals surface area contributed by atoms with Crippen LogP contribution in [0.15, 0.2) is 28.7 Å². The zero-order valence-corrected chi connectivity index (χ0v) is 21.3. The van der Waals surface area contributed by atoms with E-state index in [9.17, 15) is 48.0 Å². The number of ketones is 2. The van der Waals surface area contributed by atoms with Crippen molar-refractivity contribution < 1.29 is 48.0 Å². The number of piperidine rings is 1. The number of rotatable bonds is 3. The van der Waals surface area contributed by atoms with E-state index in [1.54, 1.807) is 4.90 Å². The maximum absolute atomic E-state index is 13.5. The van der Waals surface area contributed by atoms with Gasteiger partial charge in [0.2, 0.25) is 5.78 Å². The monoisotopic (exact) mass is 570 g/mol. The van der Waals surface area contributed by atoms with Gasteiger partial charge >= 0.3 is 6.18 Å². The summed E-state index contributed by atoms with van der Waals surface area (Å²) in [6.07, 6.45) is -4.71. The first-order valence-corrected chi connectivity index (χ1v) is 12.8. The number of Topliss-reactive ketones (excluding diaryl/α,β-unsaturated/α-hetero) is 2. The molecule has 1 aromatic rings. The molecule has 3 aliphatic carbocycles. The van der Waals surface area contributed by atoms with Gasteiger partial charge in [-0.15, -0.1) is 0 Å². The summed E-state index contributed by atoms with van der Waals surface area (Å²) in [5, 5.41) is 43.5. The SMILES string of the molecule is NC(=O)C1=C(O)C[C@@H]2CC3Cc4c(Cl)c(CN5CCC(C(F)(F)F)CC5)cc(O)c4C(=O)C3=C(O)[C@]2(O)C1=O. The minimum Gasteiger partial charge on any atom is -0.511 e. The lowest BCUT2D eigenvalue weighted by molar-refractivity contribution is -0.185. The van der Waals surface area contributed by atoms with E-state index < -0.39 is 69.8 Å². The van der Waals surface area contributed by atoms with Crippen LogP contribution < -0.4 is 5.73 Å². The van der Waals surface area contributed by atoms with Crippen molar-refractivity contribution in [1.29, 1.82) is 0 Å². The van der Waals surface area contributed by atoms with Crippen molar-refractivity contribution in [3.05, 3.63) is 50.4 Å². The number of carbonyl (C=O) groups excluding carboxylic acids is 3. The van der Waals surface area contributed by atoms with Gasteiger partial charge in [-0.05, 0) is 61.9 Å². The molecule has 0 aromatic heterocycles. The lowest BCUT2D eigenvalue weighted by Gasteiger charge is -2.45. The minimum atomic E-state index is -4.26. The molecular weight excluding hydrogens is 545 g/mol. The fourth-order valence-corrected chi connectivity index (χ4v) is 6.78. The normalized spacial score (nSPS) is 28.3. The van der Waals surface area contributed by atoms with Crippen LogP contribution in [-0.4, -0.2) is 67.7 Å². The van der Waals surface area contributed by atoms with Gasteiger partial charge in [0, 0.05) is 29.5 Å². The van der Waals surface area contributed by atoms with E-state index in [0.29, 0.717) is 5.56 Å². The number of aromatic hydroxyl groups is 1. The summed E-state index contributed by atoms with van der Waals surface area (Å²) in [6, 6.07) is 1.25.